The molecule has 0 N–H and O–H groups in total. The van der Waals surface area contributed by atoms with E-state index in [0.717, 1.165) is 5.56 Å². The van der Waals surface area contributed by atoms with Crippen LogP contribution in [0.5, 0.6) is 5.75 Å². The number of carbonyl (C=O) groups is 1. The van der Waals surface area contributed by atoms with Gasteiger partial charge in [-0.05, 0) is 23.6 Å². The highest BCUT2D eigenvalue weighted by Crippen LogP contribution is 2.26. The van der Waals surface area contributed by atoms with Crippen LogP contribution in [-0.4, -0.2) is 11.1 Å². The average molecular weight is 315 g/mol. The molecule has 23 heavy (non-hydrogen) atoms. The standard InChI is InChI=1S/C17H17NO5/c1-12(2)16(13-6-4-3-5-7-13)23-17(19)22-15-10-8-14(9-11-15)18(20)21/h3-12,16H,1-2H3/t16-/m0/s1. The van der Waals surface area contributed by atoms with Gasteiger partial charge in [0.1, 0.15) is 11.9 Å². The van der Waals surface area contributed by atoms with Gasteiger partial charge in [-0.3, -0.25) is 10.1 Å². The second kappa shape index (κ2) is 7.40. The lowest BCUT2D eigenvalue weighted by Crippen LogP contribution is -2.19. The van der Waals surface area contributed by atoms with Crippen molar-refractivity contribution in [1.29, 1.82) is 0 Å². The Morgan fingerprint density at radius 1 is 1.04 bits per heavy atom. The molecule has 6 heteroatoms. The van der Waals surface area contributed by atoms with E-state index in [1.807, 2.05) is 44.2 Å². The van der Waals surface area contributed by atoms with Crippen molar-refractivity contribution in [2.45, 2.75) is 20.0 Å². The third kappa shape index (κ3) is 4.54. The van der Waals surface area contributed by atoms with Crippen molar-refractivity contribution in [3.63, 3.8) is 0 Å². The Bertz CT molecular complexity index is 667. The summed E-state index contributed by atoms with van der Waals surface area (Å²) in [7, 11) is 0. The summed E-state index contributed by atoms with van der Waals surface area (Å²) in [6.07, 6.45) is -1.27. The minimum Gasteiger partial charge on any atom is -0.426 e. The van der Waals surface area contributed by atoms with Crippen molar-refractivity contribution in [1.82, 2.24) is 0 Å². The van der Waals surface area contributed by atoms with Crippen molar-refractivity contribution >= 4 is 11.8 Å². The fourth-order valence-corrected chi connectivity index (χ4v) is 2.09. The molecule has 6 nitrogen and oxygen atoms in total. The molecule has 0 amide bonds. The molecule has 2 rings (SSSR count). The smallest absolute Gasteiger partial charge is 0.426 e. The highest BCUT2D eigenvalue weighted by molar-refractivity contribution is 5.64. The molecule has 0 saturated heterocycles. The summed E-state index contributed by atoms with van der Waals surface area (Å²) in [6.45, 7) is 3.88. The highest BCUT2D eigenvalue weighted by Gasteiger charge is 2.21. The van der Waals surface area contributed by atoms with E-state index in [-0.39, 0.29) is 17.4 Å². The maximum Gasteiger partial charge on any atom is 0.514 e. The molecule has 1 atom stereocenters. The van der Waals surface area contributed by atoms with Gasteiger partial charge in [0.2, 0.25) is 0 Å². The molecular formula is C17H17NO5. The molecule has 0 aliphatic heterocycles. The first-order chi connectivity index (χ1) is 11.0. The average Bonchev–Trinajstić information content (AvgIpc) is 2.53. The van der Waals surface area contributed by atoms with Gasteiger partial charge in [0, 0.05) is 12.1 Å². The predicted octanol–water partition coefficient (Wildman–Crippen LogP) is 4.51. The van der Waals surface area contributed by atoms with Crippen molar-refractivity contribution in [3.8, 4) is 5.75 Å². The van der Waals surface area contributed by atoms with Crippen LogP contribution >= 0.6 is 0 Å². The number of carbonyl (C=O) groups excluding carboxylic acids is 1. The molecule has 0 heterocycles. The fourth-order valence-electron chi connectivity index (χ4n) is 2.09. The first kappa shape index (κ1) is 16.5. The van der Waals surface area contributed by atoms with Gasteiger partial charge in [0.25, 0.3) is 5.69 Å². The van der Waals surface area contributed by atoms with Crippen molar-refractivity contribution < 1.29 is 19.2 Å². The van der Waals surface area contributed by atoms with Crippen molar-refractivity contribution in [3.05, 3.63) is 70.3 Å². The monoisotopic (exact) mass is 315 g/mol. The molecule has 0 aliphatic carbocycles. The lowest BCUT2D eigenvalue weighted by Gasteiger charge is -2.21. The van der Waals surface area contributed by atoms with Crippen LogP contribution in [0.1, 0.15) is 25.5 Å². The Kier molecular flexibility index (Phi) is 5.30. The SMILES string of the molecule is CC(C)[C@H](OC(=O)Oc1ccc([N+](=O)[O-])cc1)c1ccccc1. The van der Waals surface area contributed by atoms with Gasteiger partial charge < -0.3 is 9.47 Å². The van der Waals surface area contributed by atoms with Crippen molar-refractivity contribution in [2.75, 3.05) is 0 Å². The fraction of sp³-hybridized carbons (Fsp3) is 0.235. The largest absolute Gasteiger partial charge is 0.514 e. The molecule has 0 saturated carbocycles. The molecule has 120 valence electrons. The van der Waals surface area contributed by atoms with E-state index >= 15 is 0 Å². The number of hydrogen-bond donors (Lipinski definition) is 0. The van der Waals surface area contributed by atoms with E-state index in [2.05, 4.69) is 0 Å². The summed E-state index contributed by atoms with van der Waals surface area (Å²) < 4.78 is 10.5. The van der Waals surface area contributed by atoms with E-state index in [0.29, 0.717) is 0 Å². The normalized spacial score (nSPS) is 11.8. The topological polar surface area (TPSA) is 78.7 Å². The van der Waals surface area contributed by atoms with Crippen molar-refractivity contribution in [2.24, 2.45) is 5.92 Å². The summed E-state index contributed by atoms with van der Waals surface area (Å²) >= 11 is 0. The lowest BCUT2D eigenvalue weighted by molar-refractivity contribution is -0.384. The van der Waals surface area contributed by atoms with Gasteiger partial charge in [-0.15, -0.1) is 0 Å². The Morgan fingerprint density at radius 3 is 2.17 bits per heavy atom. The summed E-state index contributed by atoms with van der Waals surface area (Å²) in [4.78, 5) is 22.0. The Morgan fingerprint density at radius 2 is 1.65 bits per heavy atom. The summed E-state index contributed by atoms with van der Waals surface area (Å²) in [5, 5.41) is 10.6. The van der Waals surface area contributed by atoms with Crippen LogP contribution in [0.25, 0.3) is 0 Å². The number of non-ortho nitro benzene ring substituents is 1. The molecule has 2 aromatic carbocycles. The maximum atomic E-state index is 11.9. The summed E-state index contributed by atoms with van der Waals surface area (Å²) in [5.74, 6) is 0.262. The lowest BCUT2D eigenvalue weighted by atomic mass is 9.99. The molecule has 0 aromatic heterocycles. The van der Waals surface area contributed by atoms with Crippen LogP contribution in [0, 0.1) is 16.0 Å². The maximum absolute atomic E-state index is 11.9. The van der Waals surface area contributed by atoms with Gasteiger partial charge in [0.05, 0.1) is 4.92 Å². The summed E-state index contributed by atoms with van der Waals surface area (Å²) in [5.41, 5.74) is 0.804. The third-order valence-electron chi connectivity index (χ3n) is 3.21. The third-order valence-corrected chi connectivity index (χ3v) is 3.21. The first-order valence-corrected chi connectivity index (χ1v) is 7.15. The summed E-state index contributed by atoms with van der Waals surface area (Å²) in [6, 6.07) is 14.6. The second-order valence-corrected chi connectivity index (χ2v) is 5.30. The van der Waals surface area contributed by atoms with Gasteiger partial charge >= 0.3 is 6.16 Å². The van der Waals surface area contributed by atoms with Crippen LogP contribution < -0.4 is 4.74 Å². The van der Waals surface area contributed by atoms with Gasteiger partial charge in [-0.2, -0.15) is 0 Å². The Balaban J connectivity index is 2.03. The number of benzene rings is 2. The number of hydrogen-bond acceptors (Lipinski definition) is 5. The minimum absolute atomic E-state index is 0.0711. The number of nitro groups is 1. The molecule has 0 bridgehead atoms. The van der Waals surface area contributed by atoms with E-state index in [1.54, 1.807) is 0 Å². The number of nitrogens with zero attached hydrogens (tertiary/aromatic N) is 1. The minimum atomic E-state index is -0.846. The molecule has 0 unspecified atom stereocenters. The zero-order chi connectivity index (χ0) is 16.8. The van der Waals surface area contributed by atoms with Crippen LogP contribution in [0.15, 0.2) is 54.6 Å². The Hall–Kier alpha value is -2.89. The highest BCUT2D eigenvalue weighted by atomic mass is 16.7. The molecule has 0 fully saturated rings. The first-order valence-electron chi connectivity index (χ1n) is 7.15. The molecular weight excluding hydrogens is 298 g/mol. The van der Waals surface area contributed by atoms with E-state index in [9.17, 15) is 14.9 Å². The van der Waals surface area contributed by atoms with Gasteiger partial charge in [-0.1, -0.05) is 44.2 Å². The van der Waals surface area contributed by atoms with E-state index in [4.69, 9.17) is 9.47 Å². The zero-order valence-electron chi connectivity index (χ0n) is 12.8. The zero-order valence-corrected chi connectivity index (χ0v) is 12.8. The quantitative estimate of drug-likeness (QED) is 0.351. The van der Waals surface area contributed by atoms with Crippen LogP contribution in [0.2, 0.25) is 0 Å². The number of nitro benzene ring substituents is 1. The molecule has 0 aliphatic rings. The van der Waals surface area contributed by atoms with Crippen LogP contribution in [-0.2, 0) is 4.74 Å². The number of rotatable bonds is 5. The second-order valence-electron chi connectivity index (χ2n) is 5.30. The van der Waals surface area contributed by atoms with Crippen LogP contribution in [0.4, 0.5) is 10.5 Å². The van der Waals surface area contributed by atoms with Gasteiger partial charge in [-0.25, -0.2) is 4.79 Å². The molecule has 2 aromatic rings. The Labute approximate surface area is 133 Å². The van der Waals surface area contributed by atoms with Crippen LogP contribution in [0.3, 0.4) is 0 Å². The molecule has 0 spiro atoms. The van der Waals surface area contributed by atoms with Gasteiger partial charge in [0.15, 0.2) is 0 Å². The predicted molar refractivity (Wildman–Crippen MR) is 84.2 cm³/mol. The molecule has 0 radical (unpaired) electrons. The number of ether oxygens (including phenoxy) is 2. The van der Waals surface area contributed by atoms with E-state index in [1.165, 1.54) is 24.3 Å². The van der Waals surface area contributed by atoms with E-state index < -0.39 is 17.2 Å².